The highest BCUT2D eigenvalue weighted by Gasteiger charge is 2.60. The van der Waals surface area contributed by atoms with Gasteiger partial charge in [-0.05, 0) is 36.8 Å². The quantitative estimate of drug-likeness (QED) is 0.550. The van der Waals surface area contributed by atoms with Crippen LogP contribution in [0.4, 0.5) is 0 Å². The minimum absolute atomic E-state index is 0.0308. The highest BCUT2D eigenvalue weighted by atomic mass is 32.1. The third-order valence-electron chi connectivity index (χ3n) is 8.91. The first-order valence-electron chi connectivity index (χ1n) is 13.4. The summed E-state index contributed by atoms with van der Waals surface area (Å²) in [5.74, 6) is 1.08. The molecule has 3 aliphatic heterocycles. The van der Waals surface area contributed by atoms with Gasteiger partial charge < -0.3 is 19.3 Å². The summed E-state index contributed by atoms with van der Waals surface area (Å²) in [7, 11) is 0. The van der Waals surface area contributed by atoms with Crippen LogP contribution in [0.1, 0.15) is 60.1 Å². The Morgan fingerprint density at radius 1 is 1.16 bits per heavy atom. The second-order valence-electron chi connectivity index (χ2n) is 12.0. The molecule has 2 amide bonds. The second-order valence-corrected chi connectivity index (χ2v) is 12.9. The number of ether oxygens (including phenoxy) is 2. The Morgan fingerprint density at radius 2 is 1.92 bits per heavy atom. The number of amides is 2. The van der Waals surface area contributed by atoms with Gasteiger partial charge in [0.05, 0.1) is 30.6 Å². The molecule has 2 atom stereocenters. The molecule has 2 aromatic heterocycles. The molecule has 37 heavy (non-hydrogen) atoms. The third kappa shape index (κ3) is 4.93. The van der Waals surface area contributed by atoms with Crippen molar-refractivity contribution in [3.63, 3.8) is 0 Å². The van der Waals surface area contributed by atoms with E-state index in [1.807, 2.05) is 15.9 Å². The summed E-state index contributed by atoms with van der Waals surface area (Å²) in [4.78, 5) is 39.7. The molecule has 0 aromatic carbocycles. The van der Waals surface area contributed by atoms with Gasteiger partial charge in [-0.1, -0.05) is 19.9 Å². The van der Waals surface area contributed by atoms with Crippen LogP contribution in [-0.2, 0) is 20.9 Å². The first-order chi connectivity index (χ1) is 17.8. The molecule has 1 aliphatic carbocycles. The molecule has 0 radical (unpaired) electrons. The summed E-state index contributed by atoms with van der Waals surface area (Å²) in [6.45, 7) is 9.63. The van der Waals surface area contributed by atoms with Gasteiger partial charge in [-0.15, -0.1) is 11.3 Å². The first-order valence-corrected chi connectivity index (χ1v) is 14.3. The number of thiazole rings is 1. The summed E-state index contributed by atoms with van der Waals surface area (Å²) in [6, 6.07) is 6.20. The Labute approximate surface area is 222 Å². The van der Waals surface area contributed by atoms with Crippen LogP contribution in [0.15, 0.2) is 29.9 Å². The standard InChI is InChI=1S/C28H36N4O4S/c1-27(2)10-22(27)25(33)32-16-28(17-32)15-31(26(34)24-11-29-18-37-24)12-20(28)13-36-14-21-4-3-5-23(30-21)19-6-8-35-9-7-19/h3-5,11,18-20,22H,6-10,12-17H2,1-2H3/t20-,22+/m0/s1. The number of nitrogens with zero attached hydrogens (tertiary/aromatic N) is 4. The van der Waals surface area contributed by atoms with E-state index in [-0.39, 0.29) is 34.5 Å². The van der Waals surface area contributed by atoms with E-state index in [2.05, 4.69) is 31.0 Å². The Kier molecular flexibility index (Phi) is 6.57. The van der Waals surface area contributed by atoms with E-state index < -0.39 is 0 Å². The fourth-order valence-corrected chi connectivity index (χ4v) is 6.92. The summed E-state index contributed by atoms with van der Waals surface area (Å²) < 4.78 is 11.7. The van der Waals surface area contributed by atoms with Crippen molar-refractivity contribution in [1.82, 2.24) is 19.8 Å². The predicted molar refractivity (Wildman–Crippen MR) is 139 cm³/mol. The number of aromatic nitrogens is 2. The summed E-state index contributed by atoms with van der Waals surface area (Å²) >= 11 is 1.38. The third-order valence-corrected chi connectivity index (χ3v) is 9.68. The maximum Gasteiger partial charge on any atom is 0.265 e. The van der Waals surface area contributed by atoms with E-state index in [4.69, 9.17) is 14.5 Å². The molecule has 0 unspecified atom stereocenters. The van der Waals surface area contributed by atoms with Gasteiger partial charge in [-0.25, -0.2) is 0 Å². The van der Waals surface area contributed by atoms with Gasteiger partial charge in [0.1, 0.15) is 4.88 Å². The van der Waals surface area contributed by atoms with Crippen LogP contribution in [0.5, 0.6) is 0 Å². The van der Waals surface area contributed by atoms with E-state index >= 15 is 0 Å². The largest absolute Gasteiger partial charge is 0.381 e. The molecular formula is C28H36N4O4S. The Balaban J connectivity index is 1.10. The number of carbonyl (C=O) groups excluding carboxylic acids is 2. The summed E-state index contributed by atoms with van der Waals surface area (Å²) in [5, 5.41) is 0. The normalized spacial score (nSPS) is 26.3. The maximum absolute atomic E-state index is 13.1. The fourth-order valence-electron chi connectivity index (χ4n) is 6.34. The van der Waals surface area contributed by atoms with Crippen molar-refractivity contribution in [3.8, 4) is 0 Å². The van der Waals surface area contributed by atoms with Gasteiger partial charge in [0.15, 0.2) is 0 Å². The second kappa shape index (κ2) is 9.75. The molecule has 9 heteroatoms. The van der Waals surface area contributed by atoms with Crippen LogP contribution in [0.25, 0.3) is 0 Å². The van der Waals surface area contributed by atoms with E-state index in [0.717, 1.165) is 43.9 Å². The lowest BCUT2D eigenvalue weighted by Gasteiger charge is -2.51. The van der Waals surface area contributed by atoms with Crippen molar-refractivity contribution in [2.24, 2.45) is 22.7 Å². The van der Waals surface area contributed by atoms with Gasteiger partial charge in [0.25, 0.3) is 5.91 Å². The van der Waals surface area contributed by atoms with Crippen molar-refractivity contribution in [1.29, 1.82) is 0 Å². The molecule has 5 heterocycles. The molecule has 0 N–H and O–H groups in total. The van der Waals surface area contributed by atoms with Gasteiger partial charge in [0, 0.05) is 68.3 Å². The molecule has 4 fully saturated rings. The average Bonchev–Trinajstić information content (AvgIpc) is 3.26. The fraction of sp³-hybridized carbons (Fsp3) is 0.643. The van der Waals surface area contributed by atoms with Crippen LogP contribution in [0.3, 0.4) is 0 Å². The van der Waals surface area contributed by atoms with Gasteiger partial charge >= 0.3 is 0 Å². The van der Waals surface area contributed by atoms with Gasteiger partial charge in [0.2, 0.25) is 5.91 Å². The molecular weight excluding hydrogens is 488 g/mol. The van der Waals surface area contributed by atoms with Crippen LogP contribution < -0.4 is 0 Å². The van der Waals surface area contributed by atoms with E-state index in [1.54, 1.807) is 11.7 Å². The van der Waals surface area contributed by atoms with E-state index in [1.165, 1.54) is 11.3 Å². The van der Waals surface area contributed by atoms with Crippen molar-refractivity contribution in [2.45, 2.75) is 45.6 Å². The van der Waals surface area contributed by atoms with Gasteiger partial charge in [-0.2, -0.15) is 0 Å². The molecule has 1 spiro atoms. The molecule has 6 rings (SSSR count). The molecule has 1 saturated carbocycles. The lowest BCUT2D eigenvalue weighted by Crippen LogP contribution is -2.63. The molecule has 2 aromatic rings. The lowest BCUT2D eigenvalue weighted by molar-refractivity contribution is -0.148. The van der Waals surface area contributed by atoms with E-state index in [0.29, 0.717) is 50.2 Å². The van der Waals surface area contributed by atoms with Crippen molar-refractivity contribution in [3.05, 3.63) is 46.2 Å². The zero-order chi connectivity index (χ0) is 25.6. The monoisotopic (exact) mass is 524 g/mol. The highest BCUT2D eigenvalue weighted by molar-refractivity contribution is 7.11. The maximum atomic E-state index is 13.1. The molecule has 198 valence electrons. The van der Waals surface area contributed by atoms with Crippen LogP contribution in [0.2, 0.25) is 0 Å². The van der Waals surface area contributed by atoms with Crippen LogP contribution >= 0.6 is 11.3 Å². The minimum Gasteiger partial charge on any atom is -0.381 e. The Bertz CT molecular complexity index is 1140. The van der Waals surface area contributed by atoms with Crippen molar-refractivity contribution < 1.29 is 19.1 Å². The van der Waals surface area contributed by atoms with Crippen LogP contribution in [0, 0.1) is 22.7 Å². The zero-order valence-electron chi connectivity index (χ0n) is 21.7. The number of hydrogen-bond donors (Lipinski definition) is 0. The number of rotatable bonds is 7. The number of hydrogen-bond acceptors (Lipinski definition) is 7. The topological polar surface area (TPSA) is 84.9 Å². The number of carbonyl (C=O) groups is 2. The minimum atomic E-state index is -0.105. The zero-order valence-corrected chi connectivity index (χ0v) is 22.5. The van der Waals surface area contributed by atoms with E-state index in [9.17, 15) is 9.59 Å². The van der Waals surface area contributed by atoms with Crippen molar-refractivity contribution >= 4 is 23.2 Å². The molecule has 3 saturated heterocycles. The number of pyridine rings is 1. The Morgan fingerprint density at radius 3 is 2.62 bits per heavy atom. The smallest absolute Gasteiger partial charge is 0.265 e. The van der Waals surface area contributed by atoms with Crippen molar-refractivity contribution in [2.75, 3.05) is 46.0 Å². The Hall–Kier alpha value is -2.36. The highest BCUT2D eigenvalue weighted by Crippen LogP contribution is 2.54. The molecule has 8 nitrogen and oxygen atoms in total. The van der Waals surface area contributed by atoms with Gasteiger partial charge in [-0.3, -0.25) is 19.6 Å². The average molecular weight is 525 g/mol. The first kappa shape index (κ1) is 24.9. The SMILES string of the molecule is CC1(C)C[C@@H]1C(=O)N1CC2(CN(C(=O)c3cncs3)C[C@H]2COCc2cccc(C3CCOCC3)n2)C1. The lowest BCUT2D eigenvalue weighted by atomic mass is 9.71. The predicted octanol–water partition coefficient (Wildman–Crippen LogP) is 3.60. The number of likely N-dealkylation sites (tertiary alicyclic amines) is 2. The summed E-state index contributed by atoms with van der Waals surface area (Å²) in [5.41, 5.74) is 3.78. The summed E-state index contributed by atoms with van der Waals surface area (Å²) in [6.07, 6.45) is 4.64. The molecule has 0 bridgehead atoms. The van der Waals surface area contributed by atoms with Crippen LogP contribution in [-0.4, -0.2) is 77.6 Å². The molecule has 4 aliphatic rings.